The molecule has 1 N–H and O–H groups in total. The number of carbonyl (C=O) groups excluding carboxylic acids is 1. The Hall–Kier alpha value is -1.75. The number of hydrogen-bond donors (Lipinski definition) is 1. The summed E-state index contributed by atoms with van der Waals surface area (Å²) in [5.41, 5.74) is 1.55. The molecule has 21 heavy (non-hydrogen) atoms. The van der Waals surface area contributed by atoms with Gasteiger partial charge in [0.15, 0.2) is 0 Å². The fourth-order valence-electron chi connectivity index (χ4n) is 2.31. The lowest BCUT2D eigenvalue weighted by atomic mass is 10.2. The second-order valence-corrected chi connectivity index (χ2v) is 6.54. The predicted octanol–water partition coefficient (Wildman–Crippen LogP) is 3.79. The van der Waals surface area contributed by atoms with E-state index in [4.69, 9.17) is 0 Å². The molecule has 0 aliphatic heterocycles. The van der Waals surface area contributed by atoms with Crippen molar-refractivity contribution in [1.82, 2.24) is 10.3 Å². The fourth-order valence-corrected chi connectivity index (χ4v) is 3.28. The molecule has 1 heterocycles. The number of nitrogens with one attached hydrogen (secondary N) is 1. The zero-order valence-electron chi connectivity index (χ0n) is 12.0. The highest BCUT2D eigenvalue weighted by molar-refractivity contribution is 7.17. The third-order valence-electron chi connectivity index (χ3n) is 3.78. The molecule has 1 saturated carbocycles. The van der Waals surface area contributed by atoms with Crippen LogP contribution in [0.5, 0.6) is 0 Å². The highest BCUT2D eigenvalue weighted by atomic mass is 32.1. The van der Waals surface area contributed by atoms with E-state index in [1.165, 1.54) is 36.3 Å². The normalized spacial score (nSPS) is 15.8. The summed E-state index contributed by atoms with van der Waals surface area (Å²) in [6.45, 7) is 3.88. The van der Waals surface area contributed by atoms with Crippen molar-refractivity contribution in [3.8, 4) is 10.6 Å². The number of thiazole rings is 1. The zero-order valence-corrected chi connectivity index (χ0v) is 12.8. The number of aryl methyl sites for hydroxylation is 1. The van der Waals surface area contributed by atoms with Gasteiger partial charge in [0.25, 0.3) is 5.91 Å². The van der Waals surface area contributed by atoms with Crippen molar-refractivity contribution in [2.45, 2.75) is 32.7 Å². The standard InChI is InChI=1S/C16H17FN2OS/c1-9(11-3-4-11)18-15(20)14-10(2)19-16(21-14)12-5-7-13(17)8-6-12/h5-9,11H,3-4H2,1-2H3,(H,18,20)/t9-/m1/s1. The van der Waals surface area contributed by atoms with E-state index in [2.05, 4.69) is 10.3 Å². The number of aromatic nitrogens is 1. The number of benzene rings is 1. The van der Waals surface area contributed by atoms with Gasteiger partial charge in [0.1, 0.15) is 15.7 Å². The average molecular weight is 304 g/mol. The summed E-state index contributed by atoms with van der Waals surface area (Å²) in [5, 5.41) is 3.79. The SMILES string of the molecule is Cc1nc(-c2ccc(F)cc2)sc1C(=O)N[C@H](C)C1CC1. The number of carbonyl (C=O) groups is 1. The minimum absolute atomic E-state index is 0.0576. The summed E-state index contributed by atoms with van der Waals surface area (Å²) in [6.07, 6.45) is 2.40. The quantitative estimate of drug-likeness (QED) is 0.934. The summed E-state index contributed by atoms with van der Waals surface area (Å²) in [5.74, 6) is 0.291. The van der Waals surface area contributed by atoms with Gasteiger partial charge >= 0.3 is 0 Å². The van der Waals surface area contributed by atoms with Crippen LogP contribution in [0.4, 0.5) is 4.39 Å². The molecule has 3 nitrogen and oxygen atoms in total. The largest absolute Gasteiger partial charge is 0.349 e. The van der Waals surface area contributed by atoms with Gasteiger partial charge in [-0.2, -0.15) is 0 Å². The summed E-state index contributed by atoms with van der Waals surface area (Å²) < 4.78 is 13.0. The van der Waals surface area contributed by atoms with Gasteiger partial charge < -0.3 is 5.32 Å². The lowest BCUT2D eigenvalue weighted by molar-refractivity contribution is 0.0939. The van der Waals surface area contributed by atoms with E-state index in [1.54, 1.807) is 12.1 Å². The van der Waals surface area contributed by atoms with E-state index in [-0.39, 0.29) is 17.8 Å². The van der Waals surface area contributed by atoms with Crippen LogP contribution in [0.25, 0.3) is 10.6 Å². The Morgan fingerprint density at radius 2 is 2.05 bits per heavy atom. The Morgan fingerprint density at radius 3 is 2.67 bits per heavy atom. The molecule has 1 atom stereocenters. The van der Waals surface area contributed by atoms with E-state index in [9.17, 15) is 9.18 Å². The van der Waals surface area contributed by atoms with Crippen molar-refractivity contribution in [3.63, 3.8) is 0 Å². The Labute approximate surface area is 127 Å². The number of amides is 1. The molecule has 0 spiro atoms. The van der Waals surface area contributed by atoms with E-state index < -0.39 is 0 Å². The van der Waals surface area contributed by atoms with Crippen LogP contribution in [0.15, 0.2) is 24.3 Å². The van der Waals surface area contributed by atoms with Gasteiger partial charge in [0, 0.05) is 11.6 Å². The smallest absolute Gasteiger partial charge is 0.263 e. The van der Waals surface area contributed by atoms with Crippen molar-refractivity contribution in [2.24, 2.45) is 5.92 Å². The van der Waals surface area contributed by atoms with Crippen molar-refractivity contribution >= 4 is 17.2 Å². The summed E-state index contributed by atoms with van der Waals surface area (Å²) in [4.78, 5) is 17.4. The molecular formula is C16H17FN2OS. The molecule has 5 heteroatoms. The molecule has 1 aromatic carbocycles. The van der Waals surface area contributed by atoms with Crippen LogP contribution >= 0.6 is 11.3 Å². The molecule has 110 valence electrons. The van der Waals surface area contributed by atoms with Gasteiger partial charge in [-0.05, 0) is 56.9 Å². The maximum Gasteiger partial charge on any atom is 0.263 e. The Morgan fingerprint density at radius 1 is 1.38 bits per heavy atom. The second-order valence-electron chi connectivity index (χ2n) is 5.54. The lowest BCUT2D eigenvalue weighted by Gasteiger charge is -2.11. The second kappa shape index (κ2) is 5.56. The van der Waals surface area contributed by atoms with Crippen molar-refractivity contribution in [3.05, 3.63) is 40.7 Å². The van der Waals surface area contributed by atoms with Crippen molar-refractivity contribution < 1.29 is 9.18 Å². The molecule has 0 radical (unpaired) electrons. The summed E-state index contributed by atoms with van der Waals surface area (Å²) in [7, 11) is 0. The minimum atomic E-state index is -0.275. The van der Waals surface area contributed by atoms with Crippen LogP contribution in [-0.4, -0.2) is 16.9 Å². The molecule has 1 aromatic heterocycles. The van der Waals surface area contributed by atoms with E-state index in [0.29, 0.717) is 10.8 Å². The van der Waals surface area contributed by atoms with Crippen LogP contribution in [-0.2, 0) is 0 Å². The first-order chi connectivity index (χ1) is 10.0. The Balaban J connectivity index is 1.80. The third kappa shape index (κ3) is 3.13. The van der Waals surface area contributed by atoms with Gasteiger partial charge in [-0.25, -0.2) is 9.37 Å². The molecule has 0 unspecified atom stereocenters. The molecule has 2 aromatic rings. The maximum absolute atomic E-state index is 13.0. The van der Waals surface area contributed by atoms with Gasteiger partial charge in [-0.1, -0.05) is 0 Å². The van der Waals surface area contributed by atoms with E-state index in [0.717, 1.165) is 16.3 Å². The highest BCUT2D eigenvalue weighted by Gasteiger charge is 2.29. The molecular weight excluding hydrogens is 287 g/mol. The third-order valence-corrected chi connectivity index (χ3v) is 4.99. The predicted molar refractivity (Wildman–Crippen MR) is 81.9 cm³/mol. The molecule has 0 bridgehead atoms. The van der Waals surface area contributed by atoms with Crippen molar-refractivity contribution in [2.75, 3.05) is 0 Å². The number of rotatable bonds is 4. The van der Waals surface area contributed by atoms with Crippen LogP contribution in [0.2, 0.25) is 0 Å². The molecule has 3 rings (SSSR count). The number of halogens is 1. The molecule has 1 fully saturated rings. The highest BCUT2D eigenvalue weighted by Crippen LogP contribution is 2.33. The number of hydrogen-bond acceptors (Lipinski definition) is 3. The fraction of sp³-hybridized carbons (Fsp3) is 0.375. The molecule has 1 aliphatic rings. The monoisotopic (exact) mass is 304 g/mol. The summed E-state index contributed by atoms with van der Waals surface area (Å²) in [6, 6.07) is 6.39. The van der Waals surface area contributed by atoms with Crippen LogP contribution in [0, 0.1) is 18.7 Å². The molecule has 1 amide bonds. The lowest BCUT2D eigenvalue weighted by Crippen LogP contribution is -2.33. The Kier molecular flexibility index (Phi) is 3.76. The van der Waals surface area contributed by atoms with Gasteiger partial charge in [-0.3, -0.25) is 4.79 Å². The minimum Gasteiger partial charge on any atom is -0.349 e. The van der Waals surface area contributed by atoms with Crippen LogP contribution in [0.1, 0.15) is 35.1 Å². The van der Waals surface area contributed by atoms with Gasteiger partial charge in [0.05, 0.1) is 5.69 Å². The van der Waals surface area contributed by atoms with Crippen molar-refractivity contribution in [1.29, 1.82) is 0 Å². The van der Waals surface area contributed by atoms with E-state index >= 15 is 0 Å². The molecule has 1 aliphatic carbocycles. The first-order valence-corrected chi connectivity index (χ1v) is 7.90. The first-order valence-electron chi connectivity index (χ1n) is 7.09. The topological polar surface area (TPSA) is 42.0 Å². The van der Waals surface area contributed by atoms with Gasteiger partial charge in [-0.15, -0.1) is 11.3 Å². The maximum atomic E-state index is 13.0. The number of nitrogens with zero attached hydrogens (tertiary/aromatic N) is 1. The summed E-state index contributed by atoms with van der Waals surface area (Å²) >= 11 is 1.36. The Bertz CT molecular complexity index is 661. The van der Waals surface area contributed by atoms with Gasteiger partial charge in [0.2, 0.25) is 0 Å². The molecule has 0 saturated heterocycles. The van der Waals surface area contributed by atoms with Crippen LogP contribution in [0.3, 0.4) is 0 Å². The zero-order chi connectivity index (χ0) is 15.0. The first kappa shape index (κ1) is 14.2. The van der Waals surface area contributed by atoms with E-state index in [1.807, 2.05) is 13.8 Å². The van der Waals surface area contributed by atoms with Crippen LogP contribution < -0.4 is 5.32 Å². The average Bonchev–Trinajstić information content (AvgIpc) is 3.23.